The summed E-state index contributed by atoms with van der Waals surface area (Å²) in [6.07, 6.45) is -0.409. The summed E-state index contributed by atoms with van der Waals surface area (Å²) < 4.78 is 30.6. The van der Waals surface area contributed by atoms with Crippen molar-refractivity contribution in [2.24, 2.45) is 0 Å². The Morgan fingerprint density at radius 1 is 0.875 bits per heavy atom. The average Bonchev–Trinajstić information content (AvgIpc) is 2.80. The van der Waals surface area contributed by atoms with E-state index in [0.29, 0.717) is 5.56 Å². The predicted octanol–water partition coefficient (Wildman–Crippen LogP) is 2.77. The maximum atomic E-state index is 12.5. The Kier molecular flexibility index (Phi) is 7.60. The van der Waals surface area contributed by atoms with E-state index in [4.69, 9.17) is 4.74 Å². The number of ether oxygens (including phenoxy) is 1. The Labute approximate surface area is 193 Å². The highest BCUT2D eigenvalue weighted by Crippen LogP contribution is 2.20. The number of nitrogens with one attached hydrogen (secondary N) is 2. The van der Waals surface area contributed by atoms with E-state index in [1.165, 1.54) is 6.07 Å². The molecule has 0 heterocycles. The summed E-state index contributed by atoms with van der Waals surface area (Å²) in [6.45, 7) is -0.657. The van der Waals surface area contributed by atoms with Crippen molar-refractivity contribution in [2.75, 3.05) is 12.4 Å². The van der Waals surface area contributed by atoms with Gasteiger partial charge < -0.3 is 4.74 Å². The lowest BCUT2D eigenvalue weighted by Crippen LogP contribution is -2.43. The molecule has 0 radical (unpaired) electrons. The zero-order valence-electron chi connectivity index (χ0n) is 16.7. The summed E-state index contributed by atoms with van der Waals surface area (Å²) in [5, 5.41) is 1.68. The lowest BCUT2D eigenvalue weighted by Gasteiger charge is -2.09. The fourth-order valence-electron chi connectivity index (χ4n) is 2.75. The number of halogens is 1. The van der Waals surface area contributed by atoms with Crippen molar-refractivity contribution in [3.05, 3.63) is 76.8 Å². The average molecular weight is 519 g/mol. The second kappa shape index (κ2) is 10.4. The van der Waals surface area contributed by atoms with Crippen LogP contribution in [0.15, 0.2) is 76.1 Å². The van der Waals surface area contributed by atoms with E-state index in [1.54, 1.807) is 42.5 Å². The first-order valence-corrected chi connectivity index (χ1v) is 11.9. The number of fused-ring (bicyclic) bond motifs is 1. The summed E-state index contributed by atoms with van der Waals surface area (Å²) in [5.74, 6) is -2.60. The van der Waals surface area contributed by atoms with Crippen LogP contribution in [-0.4, -0.2) is 38.6 Å². The van der Waals surface area contributed by atoms with Gasteiger partial charge in [-0.05, 0) is 47.2 Å². The standard InChI is InChI=1S/C22H19BrN2O6S/c23-18-8-5-16(6-9-18)22(28)25-24-20(26)14-31-21(27)11-12-32(29,30)19-10-7-15-3-1-2-4-17(15)13-19/h1-10,13H,11-12,14H2,(H,24,26)(H,25,28). The van der Waals surface area contributed by atoms with Crippen molar-refractivity contribution >= 4 is 54.3 Å². The molecule has 0 atom stereocenters. The molecule has 0 aliphatic heterocycles. The van der Waals surface area contributed by atoms with Crippen LogP contribution in [0.1, 0.15) is 16.8 Å². The zero-order valence-corrected chi connectivity index (χ0v) is 19.1. The lowest BCUT2D eigenvalue weighted by atomic mass is 10.1. The Hall–Kier alpha value is -3.24. The van der Waals surface area contributed by atoms with Crippen molar-refractivity contribution in [3.63, 3.8) is 0 Å². The summed E-state index contributed by atoms with van der Waals surface area (Å²) >= 11 is 3.25. The molecule has 10 heteroatoms. The molecule has 166 valence electrons. The molecule has 2 amide bonds. The number of hydrogen-bond donors (Lipinski definition) is 2. The monoisotopic (exact) mass is 518 g/mol. The smallest absolute Gasteiger partial charge is 0.307 e. The van der Waals surface area contributed by atoms with E-state index in [2.05, 4.69) is 26.8 Å². The first-order valence-electron chi connectivity index (χ1n) is 9.46. The molecule has 0 fully saturated rings. The van der Waals surface area contributed by atoms with Crippen molar-refractivity contribution < 1.29 is 27.5 Å². The van der Waals surface area contributed by atoms with Crippen molar-refractivity contribution in [1.29, 1.82) is 0 Å². The van der Waals surface area contributed by atoms with E-state index in [1.807, 2.05) is 18.2 Å². The molecule has 3 aromatic rings. The summed E-state index contributed by atoms with van der Waals surface area (Å²) in [6, 6.07) is 18.5. The van der Waals surface area contributed by atoms with Crippen molar-refractivity contribution in [1.82, 2.24) is 10.9 Å². The molecule has 32 heavy (non-hydrogen) atoms. The van der Waals surface area contributed by atoms with E-state index in [0.717, 1.165) is 15.2 Å². The molecule has 0 saturated heterocycles. The van der Waals surface area contributed by atoms with Gasteiger partial charge in [0.2, 0.25) is 0 Å². The summed E-state index contributed by atoms with van der Waals surface area (Å²) in [5.41, 5.74) is 4.64. The second-order valence-corrected chi connectivity index (χ2v) is 9.77. The summed E-state index contributed by atoms with van der Waals surface area (Å²) in [7, 11) is -3.70. The van der Waals surface area contributed by atoms with Gasteiger partial charge in [-0.2, -0.15) is 0 Å². The number of hydrazine groups is 1. The van der Waals surface area contributed by atoms with Gasteiger partial charge in [-0.3, -0.25) is 25.2 Å². The summed E-state index contributed by atoms with van der Waals surface area (Å²) in [4.78, 5) is 35.6. The molecule has 0 saturated carbocycles. The van der Waals surface area contributed by atoms with Gasteiger partial charge in [0.15, 0.2) is 16.4 Å². The number of carbonyl (C=O) groups is 3. The second-order valence-electron chi connectivity index (χ2n) is 6.75. The SMILES string of the molecule is O=C(COC(=O)CCS(=O)(=O)c1ccc2ccccc2c1)NNC(=O)c1ccc(Br)cc1. The van der Waals surface area contributed by atoms with E-state index < -0.39 is 46.4 Å². The number of carbonyl (C=O) groups excluding carboxylic acids is 3. The molecule has 2 N–H and O–H groups in total. The molecule has 0 bridgehead atoms. The highest BCUT2D eigenvalue weighted by atomic mass is 79.9. The predicted molar refractivity (Wildman–Crippen MR) is 121 cm³/mol. The quantitative estimate of drug-likeness (QED) is 0.366. The Morgan fingerprint density at radius 2 is 1.56 bits per heavy atom. The van der Waals surface area contributed by atoms with E-state index in [-0.39, 0.29) is 4.90 Å². The maximum Gasteiger partial charge on any atom is 0.307 e. The molecule has 8 nitrogen and oxygen atoms in total. The minimum atomic E-state index is -3.70. The fraction of sp³-hybridized carbons (Fsp3) is 0.136. The molecular formula is C22H19BrN2O6S. The first kappa shape index (κ1) is 23.4. The van der Waals surface area contributed by atoms with Crippen LogP contribution >= 0.6 is 15.9 Å². The Morgan fingerprint density at radius 3 is 2.28 bits per heavy atom. The topological polar surface area (TPSA) is 119 Å². The number of benzene rings is 3. The van der Waals surface area contributed by atoms with Gasteiger partial charge >= 0.3 is 5.97 Å². The molecule has 0 spiro atoms. The normalized spacial score (nSPS) is 11.0. The van der Waals surface area contributed by atoms with Crippen molar-refractivity contribution in [2.45, 2.75) is 11.3 Å². The minimum Gasteiger partial charge on any atom is -0.455 e. The molecule has 0 unspecified atom stereocenters. The van der Waals surface area contributed by atoms with Crippen LogP contribution in [0, 0.1) is 0 Å². The largest absolute Gasteiger partial charge is 0.455 e. The van der Waals surface area contributed by atoms with Gasteiger partial charge in [-0.1, -0.05) is 46.3 Å². The first-order chi connectivity index (χ1) is 15.2. The van der Waals surface area contributed by atoms with Gasteiger partial charge in [0.1, 0.15) is 0 Å². The van der Waals surface area contributed by atoms with Crippen LogP contribution in [-0.2, 0) is 24.2 Å². The molecule has 0 aromatic heterocycles. The maximum absolute atomic E-state index is 12.5. The van der Waals surface area contributed by atoms with Crippen LogP contribution in [0.2, 0.25) is 0 Å². The third-order valence-electron chi connectivity index (χ3n) is 4.44. The number of rotatable bonds is 7. The third-order valence-corrected chi connectivity index (χ3v) is 6.68. The van der Waals surface area contributed by atoms with Crippen molar-refractivity contribution in [3.8, 4) is 0 Å². The van der Waals surface area contributed by atoms with Gasteiger partial charge in [0.25, 0.3) is 11.8 Å². The van der Waals surface area contributed by atoms with Crippen LogP contribution in [0.4, 0.5) is 0 Å². The lowest BCUT2D eigenvalue weighted by molar-refractivity contribution is -0.148. The van der Waals surface area contributed by atoms with Gasteiger partial charge in [-0.25, -0.2) is 8.42 Å². The number of hydrogen-bond acceptors (Lipinski definition) is 6. The molecule has 0 aliphatic rings. The van der Waals surface area contributed by atoms with Gasteiger partial charge in [0.05, 0.1) is 17.1 Å². The zero-order chi connectivity index (χ0) is 23.1. The third kappa shape index (κ3) is 6.38. The Bertz CT molecular complexity index is 1260. The highest BCUT2D eigenvalue weighted by Gasteiger charge is 2.18. The molecule has 3 rings (SSSR count). The van der Waals surface area contributed by atoms with Gasteiger partial charge in [-0.15, -0.1) is 0 Å². The molecular weight excluding hydrogens is 500 g/mol. The highest BCUT2D eigenvalue weighted by molar-refractivity contribution is 9.10. The van der Waals surface area contributed by atoms with E-state index >= 15 is 0 Å². The molecule has 3 aromatic carbocycles. The fourth-order valence-corrected chi connectivity index (χ4v) is 4.27. The van der Waals surface area contributed by atoms with Crippen LogP contribution in [0.25, 0.3) is 10.8 Å². The number of amides is 2. The van der Waals surface area contributed by atoms with Crippen LogP contribution in [0.5, 0.6) is 0 Å². The van der Waals surface area contributed by atoms with Crippen LogP contribution < -0.4 is 10.9 Å². The van der Waals surface area contributed by atoms with Gasteiger partial charge in [0, 0.05) is 10.0 Å². The minimum absolute atomic E-state index is 0.109. The number of esters is 1. The molecule has 0 aliphatic carbocycles. The van der Waals surface area contributed by atoms with Crippen LogP contribution in [0.3, 0.4) is 0 Å². The number of sulfone groups is 1. The van der Waals surface area contributed by atoms with E-state index in [9.17, 15) is 22.8 Å². The Balaban J connectivity index is 1.44.